The number of nitro benzene ring substituents is 1. The molecule has 2 aromatic rings. The van der Waals surface area contributed by atoms with Gasteiger partial charge in [-0.25, -0.2) is 0 Å². The largest absolute Gasteiger partial charge is 0.388 e. The molecule has 1 aliphatic carbocycles. The highest BCUT2D eigenvalue weighted by molar-refractivity contribution is 7.10. The van der Waals surface area contributed by atoms with Crippen molar-refractivity contribution in [1.29, 1.82) is 0 Å². The molecule has 110 valence electrons. The van der Waals surface area contributed by atoms with Gasteiger partial charge in [0.15, 0.2) is 0 Å². The Hall–Kier alpha value is -2.08. The average Bonchev–Trinajstić information content (AvgIpc) is 2.96. The molecule has 0 radical (unpaired) electrons. The van der Waals surface area contributed by atoms with E-state index in [2.05, 4.69) is 22.1 Å². The lowest BCUT2D eigenvalue weighted by Gasteiger charge is -2.25. The number of fused-ring (bicyclic) bond motifs is 1. The summed E-state index contributed by atoms with van der Waals surface area (Å²) >= 11 is 1.79. The smallest absolute Gasteiger partial charge is 0.273 e. The lowest BCUT2D eigenvalue weighted by Crippen LogP contribution is -2.15. The zero-order chi connectivity index (χ0) is 14.8. The van der Waals surface area contributed by atoms with Crippen LogP contribution < -0.4 is 10.6 Å². The molecule has 0 bridgehead atoms. The van der Waals surface area contributed by atoms with Crippen molar-refractivity contribution < 1.29 is 4.92 Å². The third-order valence-corrected chi connectivity index (χ3v) is 4.81. The summed E-state index contributed by atoms with van der Waals surface area (Å²) < 4.78 is 0. The molecule has 6 heteroatoms. The van der Waals surface area contributed by atoms with Crippen molar-refractivity contribution in [3.05, 3.63) is 50.2 Å². The number of non-ortho nitro benzene ring substituents is 1. The minimum Gasteiger partial charge on any atom is -0.388 e. The zero-order valence-corrected chi connectivity index (χ0v) is 12.6. The van der Waals surface area contributed by atoms with E-state index in [0.717, 1.165) is 30.6 Å². The number of benzene rings is 1. The second kappa shape index (κ2) is 5.73. The molecule has 2 N–H and O–H groups in total. The maximum absolute atomic E-state index is 11.0. The van der Waals surface area contributed by atoms with Crippen LogP contribution in [0.15, 0.2) is 29.6 Å². The number of anilines is 2. The fourth-order valence-electron chi connectivity index (χ4n) is 2.78. The molecule has 0 aliphatic heterocycles. The molecule has 1 aromatic heterocycles. The predicted molar refractivity (Wildman–Crippen MR) is 86.3 cm³/mol. The van der Waals surface area contributed by atoms with Gasteiger partial charge in [0.25, 0.3) is 5.69 Å². The molecule has 1 heterocycles. The summed E-state index contributed by atoms with van der Waals surface area (Å²) in [5, 5.41) is 19.6. The van der Waals surface area contributed by atoms with Crippen LogP contribution in [-0.4, -0.2) is 12.0 Å². The van der Waals surface area contributed by atoms with Crippen molar-refractivity contribution in [1.82, 2.24) is 0 Å². The van der Waals surface area contributed by atoms with Crippen LogP contribution in [0.2, 0.25) is 0 Å². The third-order valence-electron chi connectivity index (χ3n) is 3.81. The van der Waals surface area contributed by atoms with Crippen LogP contribution in [0.5, 0.6) is 0 Å². The van der Waals surface area contributed by atoms with E-state index in [1.165, 1.54) is 10.4 Å². The van der Waals surface area contributed by atoms with Gasteiger partial charge in [-0.05, 0) is 42.3 Å². The number of nitrogens with zero attached hydrogens (tertiary/aromatic N) is 1. The van der Waals surface area contributed by atoms with Gasteiger partial charge in [-0.1, -0.05) is 0 Å². The van der Waals surface area contributed by atoms with Crippen molar-refractivity contribution >= 4 is 28.4 Å². The molecule has 1 unspecified atom stereocenters. The van der Waals surface area contributed by atoms with Gasteiger partial charge < -0.3 is 10.6 Å². The van der Waals surface area contributed by atoms with Gasteiger partial charge in [0.05, 0.1) is 11.0 Å². The lowest BCUT2D eigenvalue weighted by atomic mass is 9.94. The van der Waals surface area contributed by atoms with E-state index < -0.39 is 0 Å². The Balaban J connectivity index is 1.89. The summed E-state index contributed by atoms with van der Waals surface area (Å²) in [4.78, 5) is 12.1. The molecular formula is C15H17N3O2S. The van der Waals surface area contributed by atoms with Gasteiger partial charge in [0.1, 0.15) is 0 Å². The molecule has 0 spiro atoms. The first kappa shape index (κ1) is 13.9. The van der Waals surface area contributed by atoms with E-state index in [-0.39, 0.29) is 16.7 Å². The fourth-order valence-corrected chi connectivity index (χ4v) is 3.77. The molecule has 3 rings (SSSR count). The number of rotatable bonds is 4. The number of hydrogen-bond acceptors (Lipinski definition) is 5. The van der Waals surface area contributed by atoms with Crippen LogP contribution in [0, 0.1) is 10.1 Å². The first-order chi connectivity index (χ1) is 10.2. The fraction of sp³-hybridized carbons (Fsp3) is 0.333. The highest BCUT2D eigenvalue weighted by Crippen LogP contribution is 2.36. The first-order valence-electron chi connectivity index (χ1n) is 6.97. The van der Waals surface area contributed by atoms with Gasteiger partial charge in [-0.2, -0.15) is 0 Å². The lowest BCUT2D eigenvalue weighted by molar-refractivity contribution is -0.384. The average molecular weight is 303 g/mol. The molecule has 0 saturated carbocycles. The predicted octanol–water partition coefficient (Wildman–Crippen LogP) is 4.19. The van der Waals surface area contributed by atoms with Gasteiger partial charge in [-0.3, -0.25) is 10.1 Å². The first-order valence-corrected chi connectivity index (χ1v) is 7.85. The summed E-state index contributed by atoms with van der Waals surface area (Å²) in [5.74, 6) is 0. The molecule has 0 saturated heterocycles. The van der Waals surface area contributed by atoms with Crippen LogP contribution in [0.1, 0.15) is 29.3 Å². The molecule has 5 nitrogen and oxygen atoms in total. The Labute approximate surface area is 127 Å². The van der Waals surface area contributed by atoms with E-state index in [4.69, 9.17) is 0 Å². The number of thiophene rings is 1. The van der Waals surface area contributed by atoms with Crippen molar-refractivity contribution in [3.8, 4) is 0 Å². The van der Waals surface area contributed by atoms with Crippen LogP contribution in [0.3, 0.4) is 0 Å². The quantitative estimate of drug-likeness (QED) is 0.656. The minimum absolute atomic E-state index is 0.103. The van der Waals surface area contributed by atoms with Crippen LogP contribution in [0.4, 0.5) is 17.1 Å². The molecule has 0 amide bonds. The van der Waals surface area contributed by atoms with Gasteiger partial charge in [-0.15, -0.1) is 11.3 Å². The second-order valence-electron chi connectivity index (χ2n) is 5.16. The molecule has 0 fully saturated rings. The van der Waals surface area contributed by atoms with Crippen molar-refractivity contribution in [2.75, 3.05) is 17.7 Å². The molecule has 1 atom stereocenters. The Morgan fingerprint density at radius 2 is 2.14 bits per heavy atom. The van der Waals surface area contributed by atoms with Gasteiger partial charge >= 0.3 is 0 Å². The van der Waals surface area contributed by atoms with Crippen molar-refractivity contribution in [2.24, 2.45) is 0 Å². The molecule has 21 heavy (non-hydrogen) atoms. The topological polar surface area (TPSA) is 67.2 Å². The Morgan fingerprint density at radius 1 is 1.33 bits per heavy atom. The summed E-state index contributed by atoms with van der Waals surface area (Å²) in [6, 6.07) is 7.45. The van der Waals surface area contributed by atoms with Crippen molar-refractivity contribution in [3.63, 3.8) is 0 Å². The summed E-state index contributed by atoms with van der Waals surface area (Å²) in [6.45, 7) is 0. The summed E-state index contributed by atoms with van der Waals surface area (Å²) in [5.41, 5.74) is 2.97. The Bertz CT molecular complexity index is 669. The number of aryl methyl sites for hydroxylation is 1. The minimum atomic E-state index is -0.358. The van der Waals surface area contributed by atoms with E-state index in [0.29, 0.717) is 0 Å². The van der Waals surface area contributed by atoms with Crippen LogP contribution >= 0.6 is 11.3 Å². The zero-order valence-electron chi connectivity index (χ0n) is 11.8. The number of nitrogens with one attached hydrogen (secondary N) is 2. The second-order valence-corrected chi connectivity index (χ2v) is 6.16. The maximum Gasteiger partial charge on any atom is 0.273 e. The Kier molecular flexibility index (Phi) is 3.79. The van der Waals surface area contributed by atoms with Gasteiger partial charge in [0.2, 0.25) is 0 Å². The maximum atomic E-state index is 11.0. The number of hydrogen-bond donors (Lipinski definition) is 2. The van der Waals surface area contributed by atoms with Gasteiger partial charge in [0, 0.05) is 35.4 Å². The highest BCUT2D eigenvalue weighted by atomic mass is 32.1. The van der Waals surface area contributed by atoms with Crippen LogP contribution in [0.25, 0.3) is 0 Å². The SMILES string of the molecule is CNc1cc(NC2CCCc3sccc32)cc([N+](=O)[O-])c1. The third kappa shape index (κ3) is 2.85. The van der Waals surface area contributed by atoms with E-state index in [1.54, 1.807) is 30.5 Å². The van der Waals surface area contributed by atoms with E-state index in [9.17, 15) is 10.1 Å². The highest BCUT2D eigenvalue weighted by Gasteiger charge is 2.21. The standard InChI is InChI=1S/C15H17N3O2S/c1-16-10-7-11(9-12(8-10)18(19)20)17-14-3-2-4-15-13(14)5-6-21-15/h5-9,14,16-17H,2-4H2,1H3. The Morgan fingerprint density at radius 3 is 2.90 bits per heavy atom. The van der Waals surface area contributed by atoms with E-state index in [1.807, 2.05) is 6.07 Å². The van der Waals surface area contributed by atoms with Crippen LogP contribution in [-0.2, 0) is 6.42 Å². The molecule has 1 aromatic carbocycles. The van der Waals surface area contributed by atoms with E-state index >= 15 is 0 Å². The van der Waals surface area contributed by atoms with Crippen molar-refractivity contribution in [2.45, 2.75) is 25.3 Å². The normalized spacial score (nSPS) is 17.1. The molecular weight excluding hydrogens is 286 g/mol. The summed E-state index contributed by atoms with van der Waals surface area (Å²) in [6.07, 6.45) is 3.35. The number of nitro groups is 1. The monoisotopic (exact) mass is 303 g/mol. The summed E-state index contributed by atoms with van der Waals surface area (Å²) in [7, 11) is 1.76. The molecule has 1 aliphatic rings.